The number of nitrogens with one attached hydrogen (secondary N) is 1. The second kappa shape index (κ2) is 8.70. The second-order valence-electron chi connectivity index (χ2n) is 5.07. The highest BCUT2D eigenvalue weighted by atomic mass is 35.5. The van der Waals surface area contributed by atoms with E-state index in [-0.39, 0.29) is 18.3 Å². The summed E-state index contributed by atoms with van der Waals surface area (Å²) in [6.45, 7) is 1.86. The topological polar surface area (TPSA) is 55.4 Å². The Morgan fingerprint density at radius 1 is 1.30 bits per heavy atom. The quantitative estimate of drug-likeness (QED) is 0.776. The normalized spacial score (nSPS) is 11.7. The van der Waals surface area contributed by atoms with E-state index in [1.807, 2.05) is 35.0 Å². The van der Waals surface area contributed by atoms with E-state index in [2.05, 4.69) is 5.32 Å². The summed E-state index contributed by atoms with van der Waals surface area (Å²) in [4.78, 5) is 23.7. The van der Waals surface area contributed by atoms with Gasteiger partial charge in [-0.1, -0.05) is 29.8 Å². The molecule has 122 valence electrons. The molecule has 1 aromatic carbocycles. The summed E-state index contributed by atoms with van der Waals surface area (Å²) in [5.41, 5.74) is 1.92. The lowest BCUT2D eigenvalue weighted by Crippen LogP contribution is -2.35. The van der Waals surface area contributed by atoms with Crippen LogP contribution in [0, 0.1) is 0 Å². The van der Waals surface area contributed by atoms with Crippen molar-refractivity contribution in [2.75, 3.05) is 0 Å². The van der Waals surface area contributed by atoms with Crippen LogP contribution in [0.1, 0.15) is 24.5 Å². The summed E-state index contributed by atoms with van der Waals surface area (Å²) in [6.07, 6.45) is 0.0577. The van der Waals surface area contributed by atoms with Crippen LogP contribution >= 0.6 is 22.9 Å². The molecule has 1 heterocycles. The molecule has 2 rings (SSSR count). The van der Waals surface area contributed by atoms with Crippen molar-refractivity contribution < 1.29 is 14.3 Å². The number of hydrogen-bond acceptors (Lipinski definition) is 4. The lowest BCUT2D eigenvalue weighted by Gasteiger charge is -2.14. The molecular weight excluding hydrogens is 334 g/mol. The fourth-order valence-corrected chi connectivity index (χ4v) is 2.86. The standard InChI is InChI=1S/C17H18ClNO3S/c1-12(22-16(20)7-6-13-8-9-23-11-13)17(21)19-10-14-4-2-3-5-15(14)18/h2-5,8-9,11-12H,6-7,10H2,1H3,(H,19,21)/t12-/m1/s1. The monoisotopic (exact) mass is 351 g/mol. The maximum absolute atomic E-state index is 12.0. The molecule has 0 saturated carbocycles. The van der Waals surface area contributed by atoms with Crippen LogP contribution in [-0.4, -0.2) is 18.0 Å². The minimum atomic E-state index is -0.826. The van der Waals surface area contributed by atoms with Gasteiger partial charge in [-0.2, -0.15) is 11.3 Å². The average molecular weight is 352 g/mol. The lowest BCUT2D eigenvalue weighted by molar-refractivity contribution is -0.154. The highest BCUT2D eigenvalue weighted by Gasteiger charge is 2.17. The van der Waals surface area contributed by atoms with Crippen molar-refractivity contribution in [1.29, 1.82) is 0 Å². The highest BCUT2D eigenvalue weighted by Crippen LogP contribution is 2.14. The third kappa shape index (κ3) is 5.69. The van der Waals surface area contributed by atoms with Crippen molar-refractivity contribution in [1.82, 2.24) is 5.32 Å². The van der Waals surface area contributed by atoms with Crippen molar-refractivity contribution >= 4 is 34.8 Å². The van der Waals surface area contributed by atoms with Crippen LogP contribution in [0.15, 0.2) is 41.1 Å². The number of carbonyl (C=O) groups excluding carboxylic acids is 2. The molecule has 1 N–H and O–H groups in total. The molecule has 1 atom stereocenters. The third-order valence-electron chi connectivity index (χ3n) is 3.29. The Labute approximate surface area is 144 Å². The number of esters is 1. The Balaban J connectivity index is 1.73. The van der Waals surface area contributed by atoms with E-state index in [1.54, 1.807) is 24.3 Å². The SMILES string of the molecule is C[C@@H](OC(=O)CCc1ccsc1)C(=O)NCc1ccccc1Cl. The minimum absolute atomic E-state index is 0.263. The van der Waals surface area contributed by atoms with E-state index < -0.39 is 6.10 Å². The van der Waals surface area contributed by atoms with Gasteiger partial charge < -0.3 is 10.1 Å². The first-order chi connectivity index (χ1) is 11.1. The summed E-state index contributed by atoms with van der Waals surface area (Å²) in [7, 11) is 0. The zero-order valence-corrected chi connectivity index (χ0v) is 14.3. The van der Waals surface area contributed by atoms with E-state index in [0.29, 0.717) is 18.0 Å². The Morgan fingerprint density at radius 3 is 2.78 bits per heavy atom. The van der Waals surface area contributed by atoms with Crippen LogP contribution in [-0.2, 0) is 27.3 Å². The van der Waals surface area contributed by atoms with E-state index in [0.717, 1.165) is 11.1 Å². The van der Waals surface area contributed by atoms with Gasteiger partial charge in [0.25, 0.3) is 5.91 Å². The van der Waals surface area contributed by atoms with E-state index in [4.69, 9.17) is 16.3 Å². The van der Waals surface area contributed by atoms with E-state index >= 15 is 0 Å². The van der Waals surface area contributed by atoms with Crippen LogP contribution in [0.25, 0.3) is 0 Å². The molecule has 0 aliphatic rings. The fourth-order valence-electron chi connectivity index (χ4n) is 1.96. The molecule has 0 spiro atoms. The van der Waals surface area contributed by atoms with Gasteiger partial charge in [0.1, 0.15) is 0 Å². The molecule has 1 aromatic heterocycles. The molecule has 1 amide bonds. The number of aryl methyl sites for hydroxylation is 1. The summed E-state index contributed by atoms with van der Waals surface area (Å²) in [5, 5.41) is 7.26. The van der Waals surface area contributed by atoms with Crippen molar-refractivity contribution in [3.8, 4) is 0 Å². The predicted molar refractivity (Wildman–Crippen MR) is 91.5 cm³/mol. The van der Waals surface area contributed by atoms with Crippen molar-refractivity contribution in [2.45, 2.75) is 32.4 Å². The number of rotatable bonds is 7. The molecule has 0 unspecified atom stereocenters. The first-order valence-corrected chi connectivity index (χ1v) is 8.60. The van der Waals surface area contributed by atoms with Crippen molar-refractivity contribution in [3.05, 3.63) is 57.2 Å². The largest absolute Gasteiger partial charge is 0.453 e. The number of carbonyl (C=O) groups is 2. The average Bonchev–Trinajstić information content (AvgIpc) is 3.05. The fraction of sp³-hybridized carbons (Fsp3) is 0.294. The maximum atomic E-state index is 12.0. The van der Waals surface area contributed by atoms with Crippen molar-refractivity contribution in [3.63, 3.8) is 0 Å². The first kappa shape index (κ1) is 17.5. The third-order valence-corrected chi connectivity index (χ3v) is 4.39. The zero-order valence-electron chi connectivity index (χ0n) is 12.8. The van der Waals surface area contributed by atoms with Crippen LogP contribution in [0.3, 0.4) is 0 Å². The smallest absolute Gasteiger partial charge is 0.306 e. The molecule has 0 bridgehead atoms. The van der Waals surface area contributed by atoms with Gasteiger partial charge in [-0.3, -0.25) is 9.59 Å². The predicted octanol–water partition coefficient (Wildman–Crippen LogP) is 3.58. The summed E-state index contributed by atoms with van der Waals surface area (Å²) < 4.78 is 5.15. The van der Waals surface area contributed by atoms with E-state index in [9.17, 15) is 9.59 Å². The van der Waals surface area contributed by atoms with Gasteiger partial charge >= 0.3 is 5.97 Å². The molecule has 0 aliphatic carbocycles. The Hall–Kier alpha value is -1.85. The van der Waals surface area contributed by atoms with Crippen molar-refractivity contribution in [2.24, 2.45) is 0 Å². The molecule has 0 aliphatic heterocycles. The van der Waals surface area contributed by atoms with Crippen LogP contribution in [0.5, 0.6) is 0 Å². The van der Waals surface area contributed by atoms with Gasteiger partial charge in [0.2, 0.25) is 0 Å². The minimum Gasteiger partial charge on any atom is -0.453 e. The molecule has 0 saturated heterocycles. The van der Waals surface area contributed by atoms with Crippen LogP contribution in [0.4, 0.5) is 0 Å². The Bertz CT molecular complexity index is 658. The number of ether oxygens (including phenoxy) is 1. The van der Waals surface area contributed by atoms with Crippen LogP contribution < -0.4 is 5.32 Å². The molecule has 0 radical (unpaired) electrons. The highest BCUT2D eigenvalue weighted by molar-refractivity contribution is 7.07. The first-order valence-electron chi connectivity index (χ1n) is 7.28. The number of thiophene rings is 1. The number of halogens is 1. The van der Waals surface area contributed by atoms with E-state index in [1.165, 1.54) is 0 Å². The Morgan fingerprint density at radius 2 is 2.09 bits per heavy atom. The Kier molecular flexibility index (Phi) is 6.62. The zero-order chi connectivity index (χ0) is 16.7. The molecule has 23 heavy (non-hydrogen) atoms. The maximum Gasteiger partial charge on any atom is 0.306 e. The molecule has 6 heteroatoms. The lowest BCUT2D eigenvalue weighted by atomic mass is 10.2. The number of amides is 1. The molecule has 2 aromatic rings. The summed E-state index contributed by atoms with van der Waals surface area (Å²) >= 11 is 7.61. The molecular formula is C17H18ClNO3S. The van der Waals surface area contributed by atoms with Gasteiger partial charge in [0.15, 0.2) is 6.10 Å². The molecule has 4 nitrogen and oxygen atoms in total. The van der Waals surface area contributed by atoms with Crippen LogP contribution in [0.2, 0.25) is 5.02 Å². The van der Waals surface area contributed by atoms with Gasteiger partial charge in [0, 0.05) is 18.0 Å². The van der Waals surface area contributed by atoms with Gasteiger partial charge in [-0.25, -0.2) is 0 Å². The molecule has 0 fully saturated rings. The van der Waals surface area contributed by atoms with Gasteiger partial charge in [-0.15, -0.1) is 0 Å². The summed E-state index contributed by atoms with van der Waals surface area (Å²) in [6, 6.07) is 9.24. The second-order valence-corrected chi connectivity index (χ2v) is 6.26. The number of hydrogen-bond donors (Lipinski definition) is 1. The van der Waals surface area contributed by atoms with Gasteiger partial charge in [-0.05, 0) is 47.4 Å². The summed E-state index contributed by atoms with van der Waals surface area (Å²) in [5.74, 6) is -0.717. The number of benzene rings is 1. The van der Waals surface area contributed by atoms with Gasteiger partial charge in [0.05, 0.1) is 0 Å².